The normalized spacial score (nSPS) is 15.2. The minimum atomic E-state index is 0.739. The van der Waals surface area contributed by atoms with Gasteiger partial charge in [-0.05, 0) is 25.1 Å². The third-order valence-corrected chi connectivity index (χ3v) is 4.72. The zero-order chi connectivity index (χ0) is 15.6. The summed E-state index contributed by atoms with van der Waals surface area (Å²) in [4.78, 5) is 8.95. The molecule has 3 aromatic heterocycles. The fraction of sp³-hybridized carbons (Fsp3) is 0.333. The van der Waals surface area contributed by atoms with Crippen molar-refractivity contribution in [2.45, 2.75) is 6.92 Å². The lowest BCUT2D eigenvalue weighted by Crippen LogP contribution is -2.46. The van der Waals surface area contributed by atoms with Crippen LogP contribution in [0.3, 0.4) is 0 Å². The topological polar surface area (TPSA) is 63.0 Å². The van der Waals surface area contributed by atoms with Crippen LogP contribution in [0.25, 0.3) is 5.82 Å². The van der Waals surface area contributed by atoms with E-state index in [4.69, 9.17) is 0 Å². The van der Waals surface area contributed by atoms with Crippen molar-refractivity contribution in [3.05, 3.63) is 41.7 Å². The minimum absolute atomic E-state index is 0.739. The van der Waals surface area contributed by atoms with E-state index in [0.29, 0.717) is 0 Å². The molecule has 1 aliphatic heterocycles. The first-order valence-corrected chi connectivity index (χ1v) is 8.43. The smallest absolute Gasteiger partial charge is 0.185 e. The number of aromatic nitrogens is 5. The quantitative estimate of drug-likeness (QED) is 0.730. The molecular weight excluding hydrogens is 310 g/mol. The van der Waals surface area contributed by atoms with Gasteiger partial charge in [-0.15, -0.1) is 21.5 Å². The minimum Gasteiger partial charge on any atom is -0.352 e. The highest BCUT2D eigenvalue weighted by Gasteiger charge is 2.20. The summed E-state index contributed by atoms with van der Waals surface area (Å²) in [6.45, 7) is 5.72. The molecule has 3 aromatic rings. The van der Waals surface area contributed by atoms with Crippen LogP contribution in [0.5, 0.6) is 0 Å². The van der Waals surface area contributed by atoms with E-state index in [0.717, 1.165) is 48.6 Å². The predicted octanol–water partition coefficient (Wildman–Crippen LogP) is 1.75. The number of nitrogens with zero attached hydrogens (tertiary/aromatic N) is 7. The van der Waals surface area contributed by atoms with Crippen LogP contribution in [0.15, 0.2) is 36.0 Å². The van der Waals surface area contributed by atoms with Gasteiger partial charge in [0, 0.05) is 44.0 Å². The van der Waals surface area contributed by atoms with E-state index in [1.807, 2.05) is 42.9 Å². The number of aryl methyl sites for hydroxylation is 1. The third-order valence-electron chi connectivity index (χ3n) is 3.89. The van der Waals surface area contributed by atoms with Crippen molar-refractivity contribution in [3.63, 3.8) is 0 Å². The molecule has 1 saturated heterocycles. The van der Waals surface area contributed by atoms with Gasteiger partial charge >= 0.3 is 0 Å². The van der Waals surface area contributed by atoms with E-state index in [1.54, 1.807) is 16.0 Å². The molecule has 0 amide bonds. The van der Waals surface area contributed by atoms with Crippen LogP contribution in [0.1, 0.15) is 5.69 Å². The Labute approximate surface area is 138 Å². The first kappa shape index (κ1) is 14.1. The van der Waals surface area contributed by atoms with Crippen molar-refractivity contribution in [2.24, 2.45) is 0 Å². The van der Waals surface area contributed by atoms with E-state index in [1.165, 1.54) is 0 Å². The van der Waals surface area contributed by atoms with Gasteiger partial charge in [0.25, 0.3) is 0 Å². The molecule has 118 valence electrons. The van der Waals surface area contributed by atoms with Crippen molar-refractivity contribution in [2.75, 3.05) is 36.0 Å². The van der Waals surface area contributed by atoms with Crippen LogP contribution in [-0.4, -0.2) is 51.1 Å². The SMILES string of the molecule is Cc1ccn(-c2ccc(N3CCN(c4nccs4)CC3)nn2)n1. The molecule has 4 heterocycles. The van der Waals surface area contributed by atoms with Gasteiger partial charge in [-0.3, -0.25) is 0 Å². The lowest BCUT2D eigenvalue weighted by molar-refractivity contribution is 0.641. The second-order valence-corrected chi connectivity index (χ2v) is 6.31. The van der Waals surface area contributed by atoms with Crippen molar-refractivity contribution in [3.8, 4) is 5.82 Å². The summed E-state index contributed by atoms with van der Waals surface area (Å²) in [6.07, 6.45) is 3.75. The highest BCUT2D eigenvalue weighted by Crippen LogP contribution is 2.21. The molecule has 0 aliphatic carbocycles. The van der Waals surface area contributed by atoms with Gasteiger partial charge in [-0.1, -0.05) is 0 Å². The number of rotatable bonds is 3. The van der Waals surface area contributed by atoms with Gasteiger partial charge in [0.15, 0.2) is 16.8 Å². The summed E-state index contributed by atoms with van der Waals surface area (Å²) >= 11 is 1.69. The Hall–Kier alpha value is -2.48. The summed E-state index contributed by atoms with van der Waals surface area (Å²) in [6, 6.07) is 5.92. The van der Waals surface area contributed by atoms with Crippen molar-refractivity contribution >= 4 is 22.3 Å². The van der Waals surface area contributed by atoms with Crippen molar-refractivity contribution < 1.29 is 0 Å². The zero-order valence-corrected chi connectivity index (χ0v) is 13.6. The fourth-order valence-electron chi connectivity index (χ4n) is 2.65. The maximum atomic E-state index is 4.37. The standard InChI is InChI=1S/C15H17N7S/c1-12-4-6-22(19-12)14-3-2-13(17-18-14)20-7-9-21(10-8-20)15-16-5-11-23-15/h2-6,11H,7-10H2,1H3. The average molecular weight is 327 g/mol. The van der Waals surface area contributed by atoms with Crippen molar-refractivity contribution in [1.29, 1.82) is 0 Å². The highest BCUT2D eigenvalue weighted by molar-refractivity contribution is 7.13. The van der Waals surface area contributed by atoms with E-state index in [9.17, 15) is 0 Å². The van der Waals surface area contributed by atoms with Crippen LogP contribution in [-0.2, 0) is 0 Å². The molecule has 23 heavy (non-hydrogen) atoms. The van der Waals surface area contributed by atoms with Gasteiger partial charge in [0.2, 0.25) is 0 Å². The molecule has 4 rings (SSSR count). The fourth-order valence-corrected chi connectivity index (χ4v) is 3.35. The van der Waals surface area contributed by atoms with E-state index in [-0.39, 0.29) is 0 Å². The molecule has 0 spiro atoms. The van der Waals surface area contributed by atoms with E-state index < -0.39 is 0 Å². The molecule has 0 aromatic carbocycles. The van der Waals surface area contributed by atoms with E-state index in [2.05, 4.69) is 30.1 Å². The number of thiazole rings is 1. The lowest BCUT2D eigenvalue weighted by Gasteiger charge is -2.34. The van der Waals surface area contributed by atoms with Gasteiger partial charge in [0.05, 0.1) is 5.69 Å². The summed E-state index contributed by atoms with van der Waals surface area (Å²) < 4.78 is 1.74. The second kappa shape index (κ2) is 5.96. The monoisotopic (exact) mass is 327 g/mol. The Morgan fingerprint density at radius 1 is 0.957 bits per heavy atom. The highest BCUT2D eigenvalue weighted by atomic mass is 32.1. The van der Waals surface area contributed by atoms with Gasteiger partial charge in [-0.2, -0.15) is 5.10 Å². The number of hydrogen-bond donors (Lipinski definition) is 0. The summed E-state index contributed by atoms with van der Waals surface area (Å²) in [5.74, 6) is 1.65. The summed E-state index contributed by atoms with van der Waals surface area (Å²) in [5, 5.41) is 16.1. The molecule has 7 nitrogen and oxygen atoms in total. The van der Waals surface area contributed by atoms with Crippen molar-refractivity contribution in [1.82, 2.24) is 25.0 Å². The number of piperazine rings is 1. The average Bonchev–Trinajstić information content (AvgIpc) is 3.27. The van der Waals surface area contributed by atoms with Crippen LogP contribution >= 0.6 is 11.3 Å². The Balaban J connectivity index is 1.43. The number of hydrogen-bond acceptors (Lipinski definition) is 7. The first-order chi connectivity index (χ1) is 11.3. The molecule has 1 aliphatic rings. The summed E-state index contributed by atoms with van der Waals surface area (Å²) in [7, 11) is 0. The first-order valence-electron chi connectivity index (χ1n) is 7.55. The summed E-state index contributed by atoms with van der Waals surface area (Å²) in [5.41, 5.74) is 0.967. The molecule has 1 fully saturated rings. The maximum absolute atomic E-state index is 4.37. The molecule has 0 unspecified atom stereocenters. The Morgan fingerprint density at radius 3 is 2.30 bits per heavy atom. The van der Waals surface area contributed by atoms with Crippen LogP contribution in [0, 0.1) is 6.92 Å². The predicted molar refractivity (Wildman–Crippen MR) is 90.4 cm³/mol. The molecule has 0 bridgehead atoms. The third kappa shape index (κ3) is 2.89. The van der Waals surface area contributed by atoms with Gasteiger partial charge < -0.3 is 9.80 Å². The Bertz CT molecular complexity index is 757. The van der Waals surface area contributed by atoms with Crippen LogP contribution < -0.4 is 9.80 Å². The second-order valence-electron chi connectivity index (χ2n) is 5.44. The maximum Gasteiger partial charge on any atom is 0.185 e. The largest absolute Gasteiger partial charge is 0.352 e. The zero-order valence-electron chi connectivity index (χ0n) is 12.8. The Morgan fingerprint density at radius 2 is 1.70 bits per heavy atom. The molecule has 0 N–H and O–H groups in total. The molecule has 8 heteroatoms. The van der Waals surface area contributed by atoms with Gasteiger partial charge in [-0.25, -0.2) is 9.67 Å². The van der Waals surface area contributed by atoms with Gasteiger partial charge in [0.1, 0.15) is 0 Å². The molecular formula is C15H17N7S. The Kier molecular flexibility index (Phi) is 3.66. The number of anilines is 2. The molecule has 0 radical (unpaired) electrons. The molecule has 0 saturated carbocycles. The van der Waals surface area contributed by atoms with Crippen LogP contribution in [0.2, 0.25) is 0 Å². The van der Waals surface area contributed by atoms with Crippen LogP contribution in [0.4, 0.5) is 10.9 Å². The van der Waals surface area contributed by atoms with E-state index >= 15 is 0 Å². The molecule has 0 atom stereocenters. The lowest BCUT2D eigenvalue weighted by atomic mass is 10.3.